The van der Waals surface area contributed by atoms with Gasteiger partial charge >= 0.3 is 0 Å². The fourth-order valence-electron chi connectivity index (χ4n) is 2.84. The van der Waals surface area contributed by atoms with E-state index in [1.165, 1.54) is 4.90 Å². The maximum absolute atomic E-state index is 12.3. The number of hydrogen-bond donors (Lipinski definition) is 0. The molecule has 124 valence electrons. The highest BCUT2D eigenvalue weighted by molar-refractivity contribution is 9.10. The molecule has 2 aromatic rings. The molecule has 2 aromatic carbocycles. The predicted octanol–water partition coefficient (Wildman–Crippen LogP) is 3.98. The van der Waals surface area contributed by atoms with E-state index in [1.807, 2.05) is 45.0 Å². The molecule has 1 aliphatic heterocycles. The van der Waals surface area contributed by atoms with Crippen molar-refractivity contribution in [1.29, 1.82) is 0 Å². The minimum absolute atomic E-state index is 0.322. The van der Waals surface area contributed by atoms with Gasteiger partial charge in [-0.2, -0.15) is 0 Å². The van der Waals surface area contributed by atoms with Crippen LogP contribution in [0.2, 0.25) is 0 Å². The molecule has 0 spiro atoms. The molecule has 3 rings (SSSR count). The third-order valence-electron chi connectivity index (χ3n) is 4.08. The summed E-state index contributed by atoms with van der Waals surface area (Å²) < 4.78 is 6.57. The summed E-state index contributed by atoms with van der Waals surface area (Å²) in [6, 6.07) is 9.67. The van der Waals surface area contributed by atoms with Crippen LogP contribution in [0.5, 0.6) is 5.75 Å². The van der Waals surface area contributed by atoms with Crippen molar-refractivity contribution >= 4 is 33.3 Å². The summed E-state index contributed by atoms with van der Waals surface area (Å²) in [7, 11) is 0. The first kappa shape index (κ1) is 16.7. The van der Waals surface area contributed by atoms with E-state index in [4.69, 9.17) is 4.74 Å². The van der Waals surface area contributed by atoms with E-state index in [0.29, 0.717) is 24.4 Å². The zero-order chi connectivity index (χ0) is 17.4. The number of carbonyl (C=O) groups excluding carboxylic acids is 2. The Morgan fingerprint density at radius 1 is 1.04 bits per heavy atom. The lowest BCUT2D eigenvalue weighted by molar-refractivity contribution is -0.114. The topological polar surface area (TPSA) is 46.6 Å². The van der Waals surface area contributed by atoms with Gasteiger partial charge in [-0.05, 0) is 71.6 Å². The van der Waals surface area contributed by atoms with Gasteiger partial charge in [-0.3, -0.25) is 9.59 Å². The van der Waals surface area contributed by atoms with Gasteiger partial charge in [0, 0.05) is 4.47 Å². The first-order valence-corrected chi connectivity index (χ1v) is 8.54. The molecule has 0 fully saturated rings. The number of rotatable bonds is 4. The molecule has 5 heteroatoms. The molecule has 1 aliphatic rings. The number of anilines is 1. The van der Waals surface area contributed by atoms with Crippen molar-refractivity contribution in [3.05, 3.63) is 57.1 Å². The van der Waals surface area contributed by atoms with Gasteiger partial charge in [0.15, 0.2) is 0 Å². The normalized spacial score (nSPS) is 13.4. The van der Waals surface area contributed by atoms with E-state index in [9.17, 15) is 9.59 Å². The van der Waals surface area contributed by atoms with Crippen LogP contribution in [0.15, 0.2) is 34.8 Å². The number of carbonyl (C=O) groups is 2. The van der Waals surface area contributed by atoms with Crippen LogP contribution in [0.4, 0.5) is 5.69 Å². The molecule has 1 amide bonds. The molecule has 0 radical (unpaired) electrons. The Bertz CT molecular complexity index is 845. The van der Waals surface area contributed by atoms with Crippen LogP contribution >= 0.6 is 15.9 Å². The van der Waals surface area contributed by atoms with Gasteiger partial charge in [-0.1, -0.05) is 12.1 Å². The summed E-state index contributed by atoms with van der Waals surface area (Å²) >= 11 is 3.46. The number of ether oxygens (including phenoxy) is 1. The largest absolute Gasteiger partial charge is 0.491 e. The standard InChI is InChI=1S/C19H18BrNO3/c1-11-4-5-13(3)16(10-11)24-7-6-21-17-14(18(22)19(21)23)8-12(2)9-15(17)20/h4-5,8-10H,6-7H2,1-3H3. The van der Waals surface area contributed by atoms with Gasteiger partial charge in [-0.25, -0.2) is 0 Å². The third kappa shape index (κ3) is 2.96. The Hall–Kier alpha value is -2.14. The number of Topliss-reactive ketones (excluding diaryl/α,β-unsaturated/α-hetero) is 1. The first-order chi connectivity index (χ1) is 11.4. The molecule has 0 aromatic heterocycles. The summed E-state index contributed by atoms with van der Waals surface area (Å²) in [5.41, 5.74) is 4.20. The van der Waals surface area contributed by atoms with Gasteiger partial charge < -0.3 is 9.64 Å². The van der Waals surface area contributed by atoms with Crippen molar-refractivity contribution in [3.8, 4) is 5.75 Å². The molecular formula is C19H18BrNO3. The van der Waals surface area contributed by atoms with Crippen molar-refractivity contribution in [3.63, 3.8) is 0 Å². The van der Waals surface area contributed by atoms with Gasteiger partial charge in [-0.15, -0.1) is 0 Å². The van der Waals surface area contributed by atoms with Crippen LogP contribution in [0.25, 0.3) is 0 Å². The van der Waals surface area contributed by atoms with Crippen LogP contribution in [0.3, 0.4) is 0 Å². The fraction of sp³-hybridized carbons (Fsp3) is 0.263. The first-order valence-electron chi connectivity index (χ1n) is 7.75. The molecule has 0 atom stereocenters. The van der Waals surface area contributed by atoms with E-state index in [0.717, 1.165) is 26.9 Å². The number of benzene rings is 2. The predicted molar refractivity (Wildman–Crippen MR) is 97.0 cm³/mol. The summed E-state index contributed by atoms with van der Waals surface area (Å²) in [4.78, 5) is 26.0. The highest BCUT2D eigenvalue weighted by Crippen LogP contribution is 2.37. The SMILES string of the molecule is Cc1ccc(C)c(OCCN2C(=O)C(=O)c3cc(C)cc(Br)c32)c1. The molecule has 0 saturated heterocycles. The van der Waals surface area contributed by atoms with Crippen LogP contribution in [0, 0.1) is 20.8 Å². The summed E-state index contributed by atoms with van der Waals surface area (Å²) in [6.07, 6.45) is 0. The van der Waals surface area contributed by atoms with Crippen molar-refractivity contribution < 1.29 is 14.3 Å². The van der Waals surface area contributed by atoms with Crippen LogP contribution < -0.4 is 9.64 Å². The number of nitrogens with zero attached hydrogens (tertiary/aromatic N) is 1. The summed E-state index contributed by atoms with van der Waals surface area (Å²) in [6.45, 7) is 6.53. The summed E-state index contributed by atoms with van der Waals surface area (Å²) in [5, 5.41) is 0. The minimum atomic E-state index is -0.499. The van der Waals surface area contributed by atoms with Crippen LogP contribution in [-0.2, 0) is 4.79 Å². The second kappa shape index (κ2) is 6.40. The molecule has 4 nitrogen and oxygen atoms in total. The number of halogens is 1. The zero-order valence-electron chi connectivity index (χ0n) is 13.9. The minimum Gasteiger partial charge on any atom is -0.491 e. The lowest BCUT2D eigenvalue weighted by atomic mass is 10.1. The maximum atomic E-state index is 12.3. The van der Waals surface area contributed by atoms with Gasteiger partial charge in [0.2, 0.25) is 0 Å². The monoisotopic (exact) mass is 387 g/mol. The highest BCUT2D eigenvalue weighted by atomic mass is 79.9. The van der Waals surface area contributed by atoms with Gasteiger partial charge in [0.25, 0.3) is 11.7 Å². The van der Waals surface area contributed by atoms with Gasteiger partial charge in [0.05, 0.1) is 17.8 Å². The van der Waals surface area contributed by atoms with Crippen molar-refractivity contribution in [2.45, 2.75) is 20.8 Å². The summed E-state index contributed by atoms with van der Waals surface area (Å²) in [5.74, 6) is -0.154. The van der Waals surface area contributed by atoms with Gasteiger partial charge in [0.1, 0.15) is 12.4 Å². The second-order valence-electron chi connectivity index (χ2n) is 6.05. The Labute approximate surface area is 149 Å². The molecule has 1 heterocycles. The Morgan fingerprint density at radius 2 is 1.79 bits per heavy atom. The zero-order valence-corrected chi connectivity index (χ0v) is 15.4. The number of aryl methyl sites for hydroxylation is 3. The van der Waals surface area contributed by atoms with Crippen molar-refractivity contribution in [2.24, 2.45) is 0 Å². The smallest absolute Gasteiger partial charge is 0.299 e. The number of hydrogen-bond acceptors (Lipinski definition) is 3. The Balaban J connectivity index is 1.78. The van der Waals surface area contributed by atoms with Crippen LogP contribution in [-0.4, -0.2) is 24.8 Å². The lowest BCUT2D eigenvalue weighted by Crippen LogP contribution is -2.33. The van der Waals surface area contributed by atoms with E-state index in [2.05, 4.69) is 15.9 Å². The molecule has 0 N–H and O–H groups in total. The van der Waals surface area contributed by atoms with Crippen LogP contribution in [0.1, 0.15) is 27.0 Å². The average molecular weight is 388 g/mol. The number of amides is 1. The maximum Gasteiger partial charge on any atom is 0.299 e. The number of ketones is 1. The van der Waals surface area contributed by atoms with E-state index < -0.39 is 11.7 Å². The molecule has 0 bridgehead atoms. The molecule has 0 aliphatic carbocycles. The van der Waals surface area contributed by atoms with Crippen molar-refractivity contribution in [2.75, 3.05) is 18.1 Å². The van der Waals surface area contributed by atoms with E-state index in [1.54, 1.807) is 6.07 Å². The fourth-order valence-corrected chi connectivity index (χ4v) is 3.63. The highest BCUT2D eigenvalue weighted by Gasteiger charge is 2.37. The Kier molecular flexibility index (Phi) is 4.45. The van der Waals surface area contributed by atoms with E-state index >= 15 is 0 Å². The van der Waals surface area contributed by atoms with Crippen molar-refractivity contribution in [1.82, 2.24) is 0 Å². The van der Waals surface area contributed by atoms with E-state index in [-0.39, 0.29) is 0 Å². The average Bonchev–Trinajstić information content (AvgIpc) is 2.76. The Morgan fingerprint density at radius 3 is 2.54 bits per heavy atom. The second-order valence-corrected chi connectivity index (χ2v) is 6.90. The molecule has 0 saturated carbocycles. The molecular weight excluding hydrogens is 370 g/mol. The molecule has 24 heavy (non-hydrogen) atoms. The lowest BCUT2D eigenvalue weighted by Gasteiger charge is -2.19. The quantitative estimate of drug-likeness (QED) is 0.745. The molecule has 0 unspecified atom stereocenters. The number of fused-ring (bicyclic) bond motifs is 1. The third-order valence-corrected chi connectivity index (χ3v) is 4.68.